The van der Waals surface area contributed by atoms with Crippen molar-refractivity contribution in [2.75, 3.05) is 19.7 Å². The molecule has 1 saturated heterocycles. The molecule has 0 unspecified atom stereocenters. The number of rotatable bonds is 5. The summed E-state index contributed by atoms with van der Waals surface area (Å²) in [5.41, 5.74) is 2.42. The van der Waals surface area contributed by atoms with Crippen molar-refractivity contribution in [1.29, 1.82) is 0 Å². The average molecular weight is 410 g/mol. The fraction of sp³-hybridized carbons (Fsp3) is 0.440. The quantitative estimate of drug-likeness (QED) is 0.605. The van der Waals surface area contributed by atoms with Gasteiger partial charge in [0.1, 0.15) is 11.4 Å². The summed E-state index contributed by atoms with van der Waals surface area (Å²) in [6.45, 7) is 9.29. The number of hydrogen-bond donors (Lipinski definition) is 0. The number of carbonyl (C=O) groups is 2. The van der Waals surface area contributed by atoms with Gasteiger partial charge < -0.3 is 14.4 Å². The summed E-state index contributed by atoms with van der Waals surface area (Å²) in [7, 11) is 0. The highest BCUT2D eigenvalue weighted by Gasteiger charge is 2.27. The van der Waals surface area contributed by atoms with Crippen LogP contribution in [0.1, 0.15) is 50.9 Å². The van der Waals surface area contributed by atoms with E-state index < -0.39 is 5.60 Å². The van der Waals surface area contributed by atoms with Crippen LogP contribution >= 0.6 is 0 Å². The molecule has 5 heteroatoms. The molecule has 0 saturated carbocycles. The predicted octanol–water partition coefficient (Wildman–Crippen LogP) is 5.58. The zero-order valence-electron chi connectivity index (χ0n) is 18.3. The third kappa shape index (κ3) is 6.09. The Kier molecular flexibility index (Phi) is 6.80. The molecule has 0 aromatic heterocycles. The Morgan fingerprint density at radius 1 is 0.933 bits per heavy atom. The average Bonchev–Trinajstić information content (AvgIpc) is 2.72. The maximum absolute atomic E-state index is 12.2. The van der Waals surface area contributed by atoms with Crippen molar-refractivity contribution >= 4 is 11.9 Å². The SMILES string of the molecule is CC(=O)c1ccc(-c2ccc(OCC3CCN(C(=O)OC(C)(C)C)CC3)cc2)cc1. The Hall–Kier alpha value is -2.82. The molecule has 1 aliphatic heterocycles. The molecule has 3 rings (SSSR count). The number of carbonyl (C=O) groups excluding carboxylic acids is 2. The molecule has 0 N–H and O–H groups in total. The minimum atomic E-state index is -0.460. The monoisotopic (exact) mass is 409 g/mol. The third-order valence-corrected chi connectivity index (χ3v) is 5.23. The molecule has 1 heterocycles. The number of Topliss-reactive ketones (excluding diaryl/α,β-unsaturated/α-hetero) is 1. The van der Waals surface area contributed by atoms with Gasteiger partial charge in [-0.25, -0.2) is 4.79 Å². The first kappa shape index (κ1) is 21.9. The van der Waals surface area contributed by atoms with E-state index in [1.807, 2.05) is 69.3 Å². The lowest BCUT2D eigenvalue weighted by Gasteiger charge is -2.33. The number of benzene rings is 2. The lowest BCUT2D eigenvalue weighted by atomic mass is 9.98. The van der Waals surface area contributed by atoms with Gasteiger partial charge in [-0.05, 0) is 69.7 Å². The van der Waals surface area contributed by atoms with E-state index in [4.69, 9.17) is 9.47 Å². The first-order chi connectivity index (χ1) is 14.2. The van der Waals surface area contributed by atoms with Crippen LogP contribution in [0, 0.1) is 5.92 Å². The zero-order chi connectivity index (χ0) is 21.7. The van der Waals surface area contributed by atoms with Crippen LogP contribution in [0.15, 0.2) is 48.5 Å². The molecule has 0 spiro atoms. The number of ketones is 1. The summed E-state index contributed by atoms with van der Waals surface area (Å²) in [5, 5.41) is 0. The fourth-order valence-corrected chi connectivity index (χ4v) is 3.46. The summed E-state index contributed by atoms with van der Waals surface area (Å²) in [4.78, 5) is 25.3. The summed E-state index contributed by atoms with van der Waals surface area (Å²) >= 11 is 0. The van der Waals surface area contributed by atoms with E-state index in [2.05, 4.69) is 0 Å². The largest absolute Gasteiger partial charge is 0.493 e. The van der Waals surface area contributed by atoms with Crippen LogP contribution in [-0.2, 0) is 4.74 Å². The second kappa shape index (κ2) is 9.33. The van der Waals surface area contributed by atoms with Crippen LogP contribution in [-0.4, -0.2) is 42.1 Å². The van der Waals surface area contributed by atoms with Crippen molar-refractivity contribution in [3.8, 4) is 16.9 Å². The Bertz CT molecular complexity index is 858. The fourth-order valence-electron chi connectivity index (χ4n) is 3.46. The first-order valence-electron chi connectivity index (χ1n) is 10.5. The molecule has 160 valence electrons. The van der Waals surface area contributed by atoms with Crippen LogP contribution in [0.2, 0.25) is 0 Å². The van der Waals surface area contributed by atoms with E-state index in [-0.39, 0.29) is 11.9 Å². The number of hydrogen-bond acceptors (Lipinski definition) is 4. The van der Waals surface area contributed by atoms with Gasteiger partial charge in [0.15, 0.2) is 5.78 Å². The van der Waals surface area contributed by atoms with Crippen LogP contribution in [0.5, 0.6) is 5.75 Å². The van der Waals surface area contributed by atoms with Gasteiger partial charge in [-0.3, -0.25) is 4.79 Å². The van der Waals surface area contributed by atoms with Gasteiger partial charge >= 0.3 is 6.09 Å². The molecule has 0 atom stereocenters. The molecular formula is C25H31NO4. The third-order valence-electron chi connectivity index (χ3n) is 5.23. The lowest BCUT2D eigenvalue weighted by Crippen LogP contribution is -2.42. The molecular weight excluding hydrogens is 378 g/mol. The van der Waals surface area contributed by atoms with Gasteiger partial charge in [0.2, 0.25) is 0 Å². The minimum Gasteiger partial charge on any atom is -0.493 e. The molecule has 2 aromatic rings. The lowest BCUT2D eigenvalue weighted by molar-refractivity contribution is 0.0165. The van der Waals surface area contributed by atoms with Crippen LogP contribution < -0.4 is 4.74 Å². The molecule has 1 fully saturated rings. The van der Waals surface area contributed by atoms with Crippen molar-refractivity contribution in [3.63, 3.8) is 0 Å². The molecule has 30 heavy (non-hydrogen) atoms. The van der Waals surface area contributed by atoms with Crippen LogP contribution in [0.25, 0.3) is 11.1 Å². The zero-order valence-corrected chi connectivity index (χ0v) is 18.3. The Morgan fingerprint density at radius 3 is 1.97 bits per heavy atom. The van der Waals surface area contributed by atoms with Crippen molar-refractivity contribution < 1.29 is 19.1 Å². The number of piperidine rings is 1. The second-order valence-electron chi connectivity index (χ2n) is 8.88. The molecule has 5 nitrogen and oxygen atoms in total. The van der Waals surface area contributed by atoms with E-state index in [1.165, 1.54) is 0 Å². The molecule has 2 aromatic carbocycles. The number of ether oxygens (including phenoxy) is 2. The van der Waals surface area contributed by atoms with Crippen LogP contribution in [0.4, 0.5) is 4.79 Å². The Morgan fingerprint density at radius 2 is 1.47 bits per heavy atom. The molecule has 0 aliphatic carbocycles. The van der Waals surface area contributed by atoms with E-state index in [0.717, 1.165) is 35.3 Å². The summed E-state index contributed by atoms with van der Waals surface area (Å²) in [6.07, 6.45) is 1.61. The maximum atomic E-state index is 12.2. The number of likely N-dealkylation sites (tertiary alicyclic amines) is 1. The Balaban J connectivity index is 1.47. The van der Waals surface area contributed by atoms with Gasteiger partial charge in [-0.15, -0.1) is 0 Å². The second-order valence-corrected chi connectivity index (χ2v) is 8.88. The topological polar surface area (TPSA) is 55.8 Å². The van der Waals surface area contributed by atoms with E-state index >= 15 is 0 Å². The summed E-state index contributed by atoms with van der Waals surface area (Å²) < 4.78 is 11.4. The summed E-state index contributed by atoms with van der Waals surface area (Å²) in [5.74, 6) is 1.35. The van der Waals surface area contributed by atoms with Gasteiger partial charge in [0.05, 0.1) is 6.61 Å². The number of amides is 1. The molecule has 1 amide bonds. The van der Waals surface area contributed by atoms with Gasteiger partial charge in [0.25, 0.3) is 0 Å². The van der Waals surface area contributed by atoms with Crippen molar-refractivity contribution in [3.05, 3.63) is 54.1 Å². The first-order valence-corrected chi connectivity index (χ1v) is 10.5. The highest BCUT2D eigenvalue weighted by atomic mass is 16.6. The van der Waals surface area contributed by atoms with E-state index in [9.17, 15) is 9.59 Å². The van der Waals surface area contributed by atoms with E-state index in [0.29, 0.717) is 25.6 Å². The predicted molar refractivity (Wildman–Crippen MR) is 118 cm³/mol. The standard InChI is InChI=1S/C25H31NO4/c1-18(27)20-5-7-21(8-6-20)22-9-11-23(12-10-22)29-17-19-13-15-26(16-14-19)24(28)30-25(2,3)4/h5-12,19H,13-17H2,1-4H3. The van der Waals surface area contributed by atoms with E-state index in [1.54, 1.807) is 11.8 Å². The highest BCUT2D eigenvalue weighted by Crippen LogP contribution is 2.25. The van der Waals surface area contributed by atoms with Crippen molar-refractivity contribution in [1.82, 2.24) is 4.90 Å². The Labute approximate surface area is 179 Å². The van der Waals surface area contributed by atoms with Crippen LogP contribution in [0.3, 0.4) is 0 Å². The molecule has 1 aliphatic rings. The van der Waals surface area contributed by atoms with Gasteiger partial charge in [-0.2, -0.15) is 0 Å². The van der Waals surface area contributed by atoms with Gasteiger partial charge in [-0.1, -0.05) is 36.4 Å². The van der Waals surface area contributed by atoms with Crippen molar-refractivity contribution in [2.24, 2.45) is 5.92 Å². The summed E-state index contributed by atoms with van der Waals surface area (Å²) in [6, 6.07) is 15.6. The smallest absolute Gasteiger partial charge is 0.410 e. The normalized spacial score (nSPS) is 15.0. The highest BCUT2D eigenvalue weighted by molar-refractivity contribution is 5.94. The molecule has 0 radical (unpaired) electrons. The number of nitrogens with zero attached hydrogens (tertiary/aromatic N) is 1. The van der Waals surface area contributed by atoms with Gasteiger partial charge in [0, 0.05) is 18.7 Å². The van der Waals surface area contributed by atoms with Crippen molar-refractivity contribution in [2.45, 2.75) is 46.1 Å². The molecule has 0 bridgehead atoms. The maximum Gasteiger partial charge on any atom is 0.410 e. The minimum absolute atomic E-state index is 0.0715.